The molecular formula is C25H22N4O2. The number of nitrogens with zero attached hydrogens (tertiary/aromatic N) is 4. The summed E-state index contributed by atoms with van der Waals surface area (Å²) in [5, 5.41) is 4.58. The second kappa shape index (κ2) is 7.72. The molecule has 0 atom stereocenters. The number of benzene rings is 2. The van der Waals surface area contributed by atoms with E-state index >= 15 is 0 Å². The molecule has 0 N–H and O–H groups in total. The molecule has 5 rings (SSSR count). The normalized spacial score (nSPS) is 11.3. The molecule has 0 amide bonds. The molecule has 3 aromatic heterocycles. The molecular weight excluding hydrogens is 388 g/mol. The first-order valence-electron chi connectivity index (χ1n) is 10.3. The predicted molar refractivity (Wildman–Crippen MR) is 120 cm³/mol. The molecule has 0 spiro atoms. The predicted octanol–water partition coefficient (Wildman–Crippen LogP) is 4.74. The Morgan fingerprint density at radius 2 is 1.74 bits per heavy atom. The van der Waals surface area contributed by atoms with Gasteiger partial charge in [0.1, 0.15) is 17.0 Å². The summed E-state index contributed by atoms with van der Waals surface area (Å²) in [4.78, 5) is 17.7. The summed E-state index contributed by atoms with van der Waals surface area (Å²) in [5.74, 6) is 1.26. The molecule has 5 aromatic rings. The van der Waals surface area contributed by atoms with Crippen molar-refractivity contribution in [3.8, 4) is 22.7 Å². The zero-order valence-electron chi connectivity index (χ0n) is 17.4. The Bertz CT molecular complexity index is 1410. The minimum Gasteiger partial charge on any atom is -0.441 e. The summed E-state index contributed by atoms with van der Waals surface area (Å²) in [7, 11) is 0. The molecule has 2 aromatic carbocycles. The molecule has 31 heavy (non-hydrogen) atoms. The third-order valence-corrected chi connectivity index (χ3v) is 5.49. The number of hydrogen-bond donors (Lipinski definition) is 0. The maximum absolute atomic E-state index is 13.1. The minimum atomic E-state index is -0.116. The van der Waals surface area contributed by atoms with Crippen LogP contribution in [0.25, 0.3) is 28.2 Å². The maximum atomic E-state index is 13.1. The van der Waals surface area contributed by atoms with E-state index in [1.165, 1.54) is 5.56 Å². The van der Waals surface area contributed by atoms with E-state index in [-0.39, 0.29) is 5.56 Å². The zero-order valence-corrected chi connectivity index (χ0v) is 17.4. The maximum Gasteiger partial charge on any atom is 0.276 e. The van der Waals surface area contributed by atoms with Gasteiger partial charge in [0.2, 0.25) is 5.89 Å². The summed E-state index contributed by atoms with van der Waals surface area (Å²) in [6, 6.07) is 19.9. The fraction of sp³-hybridized carbons (Fsp3) is 0.160. The van der Waals surface area contributed by atoms with E-state index in [1.54, 1.807) is 21.5 Å². The fourth-order valence-electron chi connectivity index (χ4n) is 3.64. The Hall–Kier alpha value is -3.93. The van der Waals surface area contributed by atoms with Crippen molar-refractivity contribution in [1.29, 1.82) is 0 Å². The Labute approximate surface area is 179 Å². The highest BCUT2D eigenvalue weighted by Gasteiger charge is 2.14. The van der Waals surface area contributed by atoms with Crippen LogP contribution in [-0.4, -0.2) is 19.2 Å². The summed E-state index contributed by atoms with van der Waals surface area (Å²) < 4.78 is 9.11. The van der Waals surface area contributed by atoms with Crippen LogP contribution in [0.5, 0.6) is 0 Å². The van der Waals surface area contributed by atoms with Crippen molar-refractivity contribution in [3.63, 3.8) is 0 Å². The Balaban J connectivity index is 1.48. The van der Waals surface area contributed by atoms with E-state index in [1.807, 2.05) is 55.5 Å². The zero-order chi connectivity index (χ0) is 21.4. The lowest BCUT2D eigenvalue weighted by molar-refractivity contribution is 0.537. The first-order chi connectivity index (χ1) is 15.1. The quantitative estimate of drug-likeness (QED) is 0.420. The topological polar surface area (TPSA) is 65.3 Å². The number of rotatable bonds is 5. The summed E-state index contributed by atoms with van der Waals surface area (Å²) in [6.45, 7) is 4.33. The van der Waals surface area contributed by atoms with Crippen molar-refractivity contribution in [2.75, 3.05) is 0 Å². The van der Waals surface area contributed by atoms with Gasteiger partial charge in [0.05, 0.1) is 12.2 Å². The van der Waals surface area contributed by atoms with Gasteiger partial charge in [0.15, 0.2) is 0 Å². The average Bonchev–Trinajstić information content (AvgIpc) is 3.41. The molecule has 6 nitrogen and oxygen atoms in total. The van der Waals surface area contributed by atoms with Crippen molar-refractivity contribution in [3.05, 3.63) is 100 Å². The third-order valence-electron chi connectivity index (χ3n) is 5.49. The van der Waals surface area contributed by atoms with Crippen LogP contribution in [-0.2, 0) is 13.0 Å². The summed E-state index contributed by atoms with van der Waals surface area (Å²) >= 11 is 0. The van der Waals surface area contributed by atoms with Crippen LogP contribution in [0.15, 0.2) is 82.3 Å². The molecule has 0 aliphatic heterocycles. The van der Waals surface area contributed by atoms with E-state index in [9.17, 15) is 4.79 Å². The number of aromatic nitrogens is 4. The fourth-order valence-corrected chi connectivity index (χ4v) is 3.64. The van der Waals surface area contributed by atoms with E-state index in [0.29, 0.717) is 23.7 Å². The lowest BCUT2D eigenvalue weighted by Gasteiger charge is -2.03. The van der Waals surface area contributed by atoms with Crippen LogP contribution in [0, 0.1) is 6.92 Å². The third kappa shape index (κ3) is 3.57. The first kappa shape index (κ1) is 19.1. The molecule has 3 heterocycles. The van der Waals surface area contributed by atoms with Crippen molar-refractivity contribution < 1.29 is 4.42 Å². The molecule has 0 saturated carbocycles. The standard InChI is InChI=1S/C25H22N4O2/c1-3-18-9-11-19(12-10-18)21-15-23-25(30)28(13-14-29(23)27-21)16-22-17(2)31-24(26-22)20-7-5-4-6-8-20/h4-15H,3,16H2,1-2H3. The molecule has 0 unspecified atom stereocenters. The highest BCUT2D eigenvalue weighted by atomic mass is 16.4. The van der Waals surface area contributed by atoms with Crippen LogP contribution >= 0.6 is 0 Å². The largest absolute Gasteiger partial charge is 0.441 e. The molecule has 0 saturated heterocycles. The Morgan fingerprint density at radius 3 is 2.48 bits per heavy atom. The van der Waals surface area contributed by atoms with Gasteiger partial charge in [-0.25, -0.2) is 9.50 Å². The van der Waals surface area contributed by atoms with Crippen LogP contribution in [0.2, 0.25) is 0 Å². The Morgan fingerprint density at radius 1 is 0.968 bits per heavy atom. The van der Waals surface area contributed by atoms with Crippen LogP contribution in [0.1, 0.15) is 23.9 Å². The van der Waals surface area contributed by atoms with Crippen molar-refractivity contribution in [2.45, 2.75) is 26.8 Å². The van der Waals surface area contributed by atoms with E-state index in [2.05, 4.69) is 29.1 Å². The molecule has 0 bridgehead atoms. The van der Waals surface area contributed by atoms with E-state index < -0.39 is 0 Å². The van der Waals surface area contributed by atoms with Crippen LogP contribution in [0.4, 0.5) is 0 Å². The molecule has 0 fully saturated rings. The van der Waals surface area contributed by atoms with Crippen LogP contribution in [0.3, 0.4) is 0 Å². The second-order valence-corrected chi connectivity index (χ2v) is 7.53. The van der Waals surface area contributed by atoms with Gasteiger partial charge in [-0.15, -0.1) is 0 Å². The van der Waals surface area contributed by atoms with Crippen molar-refractivity contribution >= 4 is 5.52 Å². The van der Waals surface area contributed by atoms with Gasteiger partial charge in [0.25, 0.3) is 5.56 Å². The van der Waals surface area contributed by atoms with Gasteiger partial charge in [-0.2, -0.15) is 5.10 Å². The number of fused-ring (bicyclic) bond motifs is 1. The molecule has 0 aliphatic carbocycles. The minimum absolute atomic E-state index is 0.116. The Kier molecular flexibility index (Phi) is 4.75. The number of oxazole rings is 1. The monoisotopic (exact) mass is 410 g/mol. The van der Waals surface area contributed by atoms with Gasteiger partial charge < -0.3 is 8.98 Å². The molecule has 0 aliphatic rings. The number of aryl methyl sites for hydroxylation is 2. The van der Waals surface area contributed by atoms with Crippen molar-refractivity contribution in [1.82, 2.24) is 19.2 Å². The second-order valence-electron chi connectivity index (χ2n) is 7.53. The van der Waals surface area contributed by atoms with Gasteiger partial charge in [0, 0.05) is 23.5 Å². The molecule has 0 radical (unpaired) electrons. The van der Waals surface area contributed by atoms with Gasteiger partial charge >= 0.3 is 0 Å². The highest BCUT2D eigenvalue weighted by Crippen LogP contribution is 2.22. The van der Waals surface area contributed by atoms with Gasteiger partial charge in [-0.05, 0) is 37.1 Å². The average molecular weight is 410 g/mol. The summed E-state index contributed by atoms with van der Waals surface area (Å²) in [5.41, 5.74) is 5.10. The molecule has 154 valence electrons. The first-order valence-corrected chi connectivity index (χ1v) is 10.3. The smallest absolute Gasteiger partial charge is 0.276 e. The van der Waals surface area contributed by atoms with Gasteiger partial charge in [-0.3, -0.25) is 4.79 Å². The van der Waals surface area contributed by atoms with Crippen molar-refractivity contribution in [2.24, 2.45) is 0 Å². The van der Waals surface area contributed by atoms with E-state index in [0.717, 1.165) is 28.9 Å². The lowest BCUT2D eigenvalue weighted by atomic mass is 10.1. The molecule has 6 heteroatoms. The van der Waals surface area contributed by atoms with Gasteiger partial charge in [-0.1, -0.05) is 49.4 Å². The lowest BCUT2D eigenvalue weighted by Crippen LogP contribution is -2.22. The van der Waals surface area contributed by atoms with E-state index in [4.69, 9.17) is 4.42 Å². The highest BCUT2D eigenvalue weighted by molar-refractivity contribution is 5.65. The SMILES string of the molecule is CCc1ccc(-c2cc3c(=O)n(Cc4nc(-c5ccccc5)oc4C)ccn3n2)cc1. The van der Waals surface area contributed by atoms with Crippen LogP contribution < -0.4 is 5.56 Å². The number of hydrogen-bond acceptors (Lipinski definition) is 4. The summed E-state index contributed by atoms with van der Waals surface area (Å²) in [6.07, 6.45) is 4.53.